The van der Waals surface area contributed by atoms with Crippen LogP contribution >= 0.6 is 12.4 Å². The van der Waals surface area contributed by atoms with E-state index in [4.69, 9.17) is 4.74 Å². The molecule has 1 aliphatic rings. The lowest BCUT2D eigenvalue weighted by Crippen LogP contribution is -2.47. The maximum atomic E-state index is 12.9. The minimum atomic E-state index is -0.484. The summed E-state index contributed by atoms with van der Waals surface area (Å²) in [5.74, 6) is 0.652. The summed E-state index contributed by atoms with van der Waals surface area (Å²) in [6.07, 6.45) is 1.53. The highest BCUT2D eigenvalue weighted by Gasteiger charge is 2.39. The monoisotopic (exact) mass is 366 g/mol. The molecule has 1 aliphatic heterocycles. The molecule has 0 radical (unpaired) electrons. The van der Waals surface area contributed by atoms with E-state index in [9.17, 15) is 4.79 Å². The van der Waals surface area contributed by atoms with Crippen molar-refractivity contribution < 1.29 is 9.53 Å². The van der Waals surface area contributed by atoms with E-state index in [0.717, 1.165) is 37.2 Å². The van der Waals surface area contributed by atoms with E-state index in [2.05, 4.69) is 26.2 Å². The van der Waals surface area contributed by atoms with Gasteiger partial charge in [0.25, 0.3) is 0 Å². The van der Waals surface area contributed by atoms with Crippen LogP contribution in [0.25, 0.3) is 11.4 Å². The molecule has 9 heteroatoms. The normalized spacial score (nSPS) is 16.1. The van der Waals surface area contributed by atoms with Crippen LogP contribution in [-0.4, -0.2) is 52.9 Å². The number of tetrazole rings is 1. The highest BCUT2D eigenvalue weighted by molar-refractivity contribution is 5.96. The average Bonchev–Trinajstić information content (AvgIpc) is 3.02. The predicted octanol–water partition coefficient (Wildman–Crippen LogP) is 1.25. The smallest absolute Gasteiger partial charge is 0.233 e. The van der Waals surface area contributed by atoms with Gasteiger partial charge in [-0.25, -0.2) is 4.68 Å². The molecule has 3 rings (SSSR count). The zero-order valence-corrected chi connectivity index (χ0v) is 15.2. The van der Waals surface area contributed by atoms with Gasteiger partial charge in [0.15, 0.2) is 5.82 Å². The number of piperidine rings is 1. The molecule has 0 saturated carbocycles. The summed E-state index contributed by atoms with van der Waals surface area (Å²) in [6, 6.07) is 7.54. The molecule has 0 spiro atoms. The molecule has 0 aliphatic carbocycles. The molecule has 1 aromatic carbocycles. The van der Waals surface area contributed by atoms with E-state index in [1.165, 1.54) is 0 Å². The number of aromatic nitrogens is 4. The maximum Gasteiger partial charge on any atom is 0.233 e. The fourth-order valence-corrected chi connectivity index (χ4v) is 3.09. The van der Waals surface area contributed by atoms with Crippen LogP contribution in [0.15, 0.2) is 24.3 Å². The van der Waals surface area contributed by atoms with Crippen LogP contribution in [-0.2, 0) is 16.6 Å². The zero-order chi connectivity index (χ0) is 17.0. The molecule has 0 atom stereocenters. The van der Waals surface area contributed by atoms with Crippen LogP contribution in [0.5, 0.6) is 0 Å². The van der Waals surface area contributed by atoms with E-state index in [1.54, 1.807) is 18.8 Å². The molecule has 1 fully saturated rings. The Balaban J connectivity index is 0.00000225. The molecule has 136 valence electrons. The largest absolute Gasteiger partial charge is 0.384 e. The van der Waals surface area contributed by atoms with Crippen molar-refractivity contribution in [2.75, 3.05) is 32.1 Å². The van der Waals surface area contributed by atoms with Crippen molar-refractivity contribution in [3.63, 3.8) is 0 Å². The van der Waals surface area contributed by atoms with Gasteiger partial charge < -0.3 is 15.4 Å². The number of rotatable bonds is 5. The summed E-state index contributed by atoms with van der Waals surface area (Å²) in [7, 11) is 3.42. The fourth-order valence-electron chi connectivity index (χ4n) is 3.09. The van der Waals surface area contributed by atoms with Crippen molar-refractivity contribution in [1.29, 1.82) is 0 Å². The van der Waals surface area contributed by atoms with Gasteiger partial charge in [0, 0.05) is 25.4 Å². The van der Waals surface area contributed by atoms with E-state index in [1.807, 2.05) is 24.3 Å². The van der Waals surface area contributed by atoms with Crippen LogP contribution in [0.2, 0.25) is 0 Å². The van der Waals surface area contributed by atoms with Crippen LogP contribution < -0.4 is 10.6 Å². The molecule has 2 heterocycles. The second kappa shape index (κ2) is 8.37. The molecule has 2 N–H and O–H groups in total. The quantitative estimate of drug-likeness (QED) is 0.827. The van der Waals surface area contributed by atoms with Crippen LogP contribution in [0, 0.1) is 5.41 Å². The Hall–Kier alpha value is -2.03. The Morgan fingerprint density at radius 3 is 2.80 bits per heavy atom. The van der Waals surface area contributed by atoms with Gasteiger partial charge >= 0.3 is 0 Å². The Morgan fingerprint density at radius 2 is 2.16 bits per heavy atom. The number of hydrogen-bond acceptors (Lipinski definition) is 6. The van der Waals surface area contributed by atoms with Gasteiger partial charge in [0.2, 0.25) is 5.91 Å². The Morgan fingerprint density at radius 1 is 1.40 bits per heavy atom. The summed E-state index contributed by atoms with van der Waals surface area (Å²) in [6.45, 7) is 2.07. The number of halogens is 1. The average molecular weight is 367 g/mol. The Bertz CT molecular complexity index is 709. The number of anilines is 1. The standard InChI is InChI=1S/C16H22N6O2.ClH/c1-22-14(19-20-21-22)12-4-3-5-13(10-12)18-15(23)16(11-24-2)6-8-17-9-7-16;/h3-5,10,17H,6-9,11H2,1-2H3,(H,18,23);1H. The van der Waals surface area contributed by atoms with E-state index in [0.29, 0.717) is 12.4 Å². The number of carbonyl (C=O) groups is 1. The van der Waals surface area contributed by atoms with E-state index >= 15 is 0 Å². The topological polar surface area (TPSA) is 94.0 Å². The number of ether oxygens (including phenoxy) is 1. The molecular formula is C16H23ClN6O2. The molecule has 2 aromatic rings. The van der Waals surface area contributed by atoms with Gasteiger partial charge in [-0.15, -0.1) is 17.5 Å². The highest BCUT2D eigenvalue weighted by Crippen LogP contribution is 2.31. The number of aryl methyl sites for hydroxylation is 1. The van der Waals surface area contributed by atoms with Gasteiger partial charge in [0.05, 0.1) is 12.0 Å². The van der Waals surface area contributed by atoms with Crippen molar-refractivity contribution in [3.8, 4) is 11.4 Å². The van der Waals surface area contributed by atoms with Gasteiger partial charge in [-0.2, -0.15) is 0 Å². The number of carbonyl (C=O) groups excluding carboxylic acids is 1. The lowest BCUT2D eigenvalue weighted by Gasteiger charge is -2.35. The number of nitrogens with one attached hydrogen (secondary N) is 2. The molecule has 0 unspecified atom stereocenters. The predicted molar refractivity (Wildman–Crippen MR) is 96.5 cm³/mol. The van der Waals surface area contributed by atoms with Gasteiger partial charge in [0.1, 0.15) is 0 Å². The molecule has 1 aromatic heterocycles. The first-order chi connectivity index (χ1) is 11.6. The minimum Gasteiger partial charge on any atom is -0.384 e. The Labute approximate surface area is 152 Å². The van der Waals surface area contributed by atoms with Crippen molar-refractivity contribution in [3.05, 3.63) is 24.3 Å². The van der Waals surface area contributed by atoms with E-state index < -0.39 is 5.41 Å². The fraction of sp³-hybridized carbons (Fsp3) is 0.500. The van der Waals surface area contributed by atoms with Gasteiger partial charge in [-0.05, 0) is 48.5 Å². The minimum absolute atomic E-state index is 0. The van der Waals surface area contributed by atoms with Crippen molar-refractivity contribution >= 4 is 24.0 Å². The second-order valence-corrected chi connectivity index (χ2v) is 6.12. The highest BCUT2D eigenvalue weighted by atomic mass is 35.5. The van der Waals surface area contributed by atoms with Crippen molar-refractivity contribution in [2.45, 2.75) is 12.8 Å². The Kier molecular flexibility index (Phi) is 6.46. The maximum absolute atomic E-state index is 12.9. The molecule has 25 heavy (non-hydrogen) atoms. The zero-order valence-electron chi connectivity index (χ0n) is 14.4. The first-order valence-electron chi connectivity index (χ1n) is 7.98. The lowest BCUT2D eigenvalue weighted by molar-refractivity contribution is -0.130. The molecule has 1 saturated heterocycles. The third-order valence-electron chi connectivity index (χ3n) is 4.46. The molecule has 8 nitrogen and oxygen atoms in total. The van der Waals surface area contributed by atoms with Crippen molar-refractivity contribution in [1.82, 2.24) is 25.5 Å². The third-order valence-corrected chi connectivity index (χ3v) is 4.46. The summed E-state index contributed by atoms with van der Waals surface area (Å²) in [5.41, 5.74) is 1.10. The number of methoxy groups -OCH3 is 1. The number of benzene rings is 1. The number of nitrogens with zero attached hydrogens (tertiary/aromatic N) is 4. The van der Waals surface area contributed by atoms with Gasteiger partial charge in [-0.3, -0.25) is 4.79 Å². The molecule has 1 amide bonds. The summed E-state index contributed by atoms with van der Waals surface area (Å²) >= 11 is 0. The summed E-state index contributed by atoms with van der Waals surface area (Å²) < 4.78 is 6.92. The second-order valence-electron chi connectivity index (χ2n) is 6.12. The number of hydrogen-bond donors (Lipinski definition) is 2. The van der Waals surface area contributed by atoms with Gasteiger partial charge in [-0.1, -0.05) is 12.1 Å². The summed E-state index contributed by atoms with van der Waals surface area (Å²) in [4.78, 5) is 12.9. The third kappa shape index (κ3) is 4.15. The van der Waals surface area contributed by atoms with Crippen molar-refractivity contribution in [2.24, 2.45) is 12.5 Å². The summed E-state index contributed by atoms with van der Waals surface area (Å²) in [5, 5.41) is 17.8. The number of amides is 1. The van der Waals surface area contributed by atoms with Crippen LogP contribution in [0.1, 0.15) is 12.8 Å². The SMILES string of the molecule is COCC1(C(=O)Nc2cccc(-c3nnnn3C)c2)CCNCC1.Cl. The first-order valence-corrected chi connectivity index (χ1v) is 7.98. The lowest BCUT2D eigenvalue weighted by atomic mass is 9.78. The molecule has 0 bridgehead atoms. The first kappa shape index (κ1) is 19.3. The van der Waals surface area contributed by atoms with Crippen LogP contribution in [0.4, 0.5) is 5.69 Å². The van der Waals surface area contributed by atoms with E-state index in [-0.39, 0.29) is 18.3 Å². The molecular weight excluding hydrogens is 344 g/mol. The van der Waals surface area contributed by atoms with Crippen LogP contribution in [0.3, 0.4) is 0 Å².